The maximum absolute atomic E-state index is 13.6. The minimum atomic E-state index is -0.508. The van der Waals surface area contributed by atoms with E-state index in [4.69, 9.17) is 21.1 Å². The van der Waals surface area contributed by atoms with Crippen LogP contribution < -0.4 is 19.7 Å². The van der Waals surface area contributed by atoms with Crippen LogP contribution in [0.1, 0.15) is 16.7 Å². The van der Waals surface area contributed by atoms with Gasteiger partial charge in [-0.1, -0.05) is 41.9 Å². The SMILES string of the molecule is COc1ccc(OC)c(NC2=C(c3ccc(C)c(C)c3)C(=O)N(c3ccccc3Cl)C2=O)c1. The van der Waals surface area contributed by atoms with E-state index in [1.165, 1.54) is 7.11 Å². The topological polar surface area (TPSA) is 67.9 Å². The van der Waals surface area contributed by atoms with E-state index in [0.29, 0.717) is 33.5 Å². The highest BCUT2D eigenvalue weighted by atomic mass is 35.5. The van der Waals surface area contributed by atoms with Crippen molar-refractivity contribution in [1.29, 1.82) is 0 Å². The molecule has 0 saturated heterocycles. The van der Waals surface area contributed by atoms with Crippen molar-refractivity contribution in [2.24, 2.45) is 0 Å². The van der Waals surface area contributed by atoms with Gasteiger partial charge in [0.25, 0.3) is 11.8 Å². The fourth-order valence-corrected chi connectivity index (χ4v) is 3.93. The molecule has 3 aromatic rings. The average Bonchev–Trinajstić information content (AvgIpc) is 3.05. The summed E-state index contributed by atoms with van der Waals surface area (Å²) in [7, 11) is 3.08. The van der Waals surface area contributed by atoms with Gasteiger partial charge < -0.3 is 14.8 Å². The van der Waals surface area contributed by atoms with Gasteiger partial charge >= 0.3 is 0 Å². The fourth-order valence-electron chi connectivity index (χ4n) is 3.71. The third kappa shape index (κ3) is 4.05. The molecule has 0 unspecified atom stereocenters. The predicted molar refractivity (Wildman–Crippen MR) is 130 cm³/mol. The molecular weight excluding hydrogens is 440 g/mol. The normalized spacial score (nSPS) is 13.5. The average molecular weight is 463 g/mol. The molecule has 1 aliphatic heterocycles. The quantitative estimate of drug-likeness (QED) is 0.499. The van der Waals surface area contributed by atoms with Crippen LogP contribution in [0.5, 0.6) is 11.5 Å². The molecule has 0 bridgehead atoms. The molecule has 0 radical (unpaired) electrons. The van der Waals surface area contributed by atoms with Gasteiger partial charge in [-0.05, 0) is 54.8 Å². The second-order valence-electron chi connectivity index (χ2n) is 7.64. The maximum atomic E-state index is 13.6. The molecule has 4 rings (SSSR count). The molecule has 1 N–H and O–H groups in total. The summed E-state index contributed by atoms with van der Waals surface area (Å²) in [5.74, 6) is 0.109. The van der Waals surface area contributed by atoms with Crippen LogP contribution >= 0.6 is 11.6 Å². The summed E-state index contributed by atoms with van der Waals surface area (Å²) < 4.78 is 10.8. The number of aryl methyl sites for hydroxylation is 2. The number of methoxy groups -OCH3 is 2. The lowest BCUT2D eigenvalue weighted by Crippen LogP contribution is -2.32. The Morgan fingerprint density at radius 3 is 2.27 bits per heavy atom. The van der Waals surface area contributed by atoms with Gasteiger partial charge in [-0.2, -0.15) is 0 Å². The summed E-state index contributed by atoms with van der Waals surface area (Å²) in [5, 5.41) is 3.44. The smallest absolute Gasteiger partial charge is 0.282 e. The summed E-state index contributed by atoms with van der Waals surface area (Å²) in [6.07, 6.45) is 0. The summed E-state index contributed by atoms with van der Waals surface area (Å²) in [5.41, 5.74) is 3.94. The number of para-hydroxylation sites is 1. The third-order valence-electron chi connectivity index (χ3n) is 5.64. The predicted octanol–water partition coefficient (Wildman–Crippen LogP) is 5.37. The van der Waals surface area contributed by atoms with Crippen LogP contribution in [0.2, 0.25) is 5.02 Å². The number of nitrogens with zero attached hydrogens (tertiary/aromatic N) is 1. The first-order chi connectivity index (χ1) is 15.8. The first-order valence-corrected chi connectivity index (χ1v) is 10.7. The number of benzene rings is 3. The number of amides is 2. The van der Waals surface area contributed by atoms with E-state index in [-0.39, 0.29) is 11.3 Å². The van der Waals surface area contributed by atoms with Gasteiger partial charge in [0.1, 0.15) is 17.2 Å². The van der Waals surface area contributed by atoms with Crippen molar-refractivity contribution in [3.05, 3.63) is 88.1 Å². The van der Waals surface area contributed by atoms with Crippen LogP contribution in [0.15, 0.2) is 66.4 Å². The van der Waals surface area contributed by atoms with Crippen LogP contribution in [0.4, 0.5) is 11.4 Å². The Kier molecular flexibility index (Phi) is 6.11. The van der Waals surface area contributed by atoms with E-state index in [9.17, 15) is 9.59 Å². The molecule has 6 nitrogen and oxygen atoms in total. The van der Waals surface area contributed by atoms with Crippen LogP contribution in [0.25, 0.3) is 5.57 Å². The number of hydrogen-bond donors (Lipinski definition) is 1. The lowest BCUT2D eigenvalue weighted by Gasteiger charge is -2.17. The number of hydrogen-bond acceptors (Lipinski definition) is 5. The summed E-state index contributed by atoms with van der Waals surface area (Å²) in [6, 6.07) is 17.6. The van der Waals surface area contributed by atoms with Gasteiger partial charge in [-0.25, -0.2) is 4.90 Å². The molecular formula is C26H23ClN2O4. The largest absolute Gasteiger partial charge is 0.497 e. The van der Waals surface area contributed by atoms with Crippen LogP contribution in [0.3, 0.4) is 0 Å². The zero-order chi connectivity index (χ0) is 23.7. The van der Waals surface area contributed by atoms with Gasteiger partial charge in [0, 0.05) is 6.07 Å². The van der Waals surface area contributed by atoms with Crippen molar-refractivity contribution in [3.8, 4) is 11.5 Å². The zero-order valence-electron chi connectivity index (χ0n) is 18.7. The number of imide groups is 1. The zero-order valence-corrected chi connectivity index (χ0v) is 19.5. The van der Waals surface area contributed by atoms with Gasteiger partial charge in [-0.15, -0.1) is 0 Å². The highest BCUT2D eigenvalue weighted by molar-refractivity contribution is 6.48. The number of anilines is 2. The standard InChI is InChI=1S/C26H23ClN2O4/c1-15-9-10-17(13-16(15)2)23-24(28-20-14-18(32-3)11-12-22(20)33-4)26(31)29(25(23)30)21-8-6-5-7-19(21)27/h5-14,28H,1-4H3. The Labute approximate surface area is 197 Å². The Balaban J connectivity index is 1.89. The second kappa shape index (κ2) is 9.00. The van der Waals surface area contributed by atoms with E-state index in [2.05, 4.69) is 5.32 Å². The highest BCUT2D eigenvalue weighted by Crippen LogP contribution is 2.39. The van der Waals surface area contributed by atoms with Crippen LogP contribution in [-0.2, 0) is 9.59 Å². The molecule has 0 aromatic heterocycles. The first kappa shape index (κ1) is 22.4. The molecule has 3 aromatic carbocycles. The van der Waals surface area contributed by atoms with Crippen molar-refractivity contribution in [2.75, 3.05) is 24.4 Å². The Bertz CT molecular complexity index is 1300. The molecule has 1 aliphatic rings. The van der Waals surface area contributed by atoms with Gasteiger partial charge in [-0.3, -0.25) is 9.59 Å². The molecule has 2 amide bonds. The van der Waals surface area contributed by atoms with Gasteiger partial charge in [0.15, 0.2) is 0 Å². The highest BCUT2D eigenvalue weighted by Gasteiger charge is 2.41. The molecule has 1 heterocycles. The number of nitrogens with one attached hydrogen (secondary N) is 1. The van der Waals surface area contributed by atoms with E-state index < -0.39 is 11.8 Å². The van der Waals surface area contributed by atoms with Crippen LogP contribution in [-0.4, -0.2) is 26.0 Å². The van der Waals surface area contributed by atoms with E-state index in [0.717, 1.165) is 16.0 Å². The van der Waals surface area contributed by atoms with E-state index in [1.807, 2.05) is 32.0 Å². The molecule has 168 valence electrons. The minimum absolute atomic E-state index is 0.134. The lowest BCUT2D eigenvalue weighted by atomic mass is 9.99. The maximum Gasteiger partial charge on any atom is 0.282 e. The van der Waals surface area contributed by atoms with Crippen molar-refractivity contribution in [1.82, 2.24) is 0 Å². The van der Waals surface area contributed by atoms with Crippen LogP contribution in [0, 0.1) is 13.8 Å². The molecule has 33 heavy (non-hydrogen) atoms. The molecule has 0 fully saturated rings. The molecule has 0 aliphatic carbocycles. The summed E-state index contributed by atoms with van der Waals surface area (Å²) in [6.45, 7) is 3.95. The first-order valence-electron chi connectivity index (χ1n) is 10.3. The van der Waals surface area contributed by atoms with Gasteiger partial charge in [0.2, 0.25) is 0 Å². The molecule has 0 saturated carbocycles. The number of rotatable bonds is 6. The van der Waals surface area contributed by atoms with E-state index >= 15 is 0 Å². The van der Waals surface area contributed by atoms with Gasteiger partial charge in [0.05, 0.1) is 36.2 Å². The fraction of sp³-hybridized carbons (Fsp3) is 0.154. The lowest BCUT2D eigenvalue weighted by molar-refractivity contribution is -0.120. The van der Waals surface area contributed by atoms with Crippen molar-refractivity contribution in [3.63, 3.8) is 0 Å². The van der Waals surface area contributed by atoms with Crippen molar-refractivity contribution < 1.29 is 19.1 Å². The summed E-state index contributed by atoms with van der Waals surface area (Å²) in [4.78, 5) is 28.4. The summed E-state index contributed by atoms with van der Waals surface area (Å²) >= 11 is 6.35. The monoisotopic (exact) mass is 462 g/mol. The molecule has 0 atom stereocenters. The Hall–Kier alpha value is -3.77. The number of carbonyl (C=O) groups is 2. The number of ether oxygens (including phenoxy) is 2. The Morgan fingerprint density at radius 1 is 0.848 bits per heavy atom. The number of carbonyl (C=O) groups excluding carboxylic acids is 2. The number of halogens is 1. The van der Waals surface area contributed by atoms with Crippen molar-refractivity contribution in [2.45, 2.75) is 13.8 Å². The molecule has 7 heteroatoms. The molecule has 0 spiro atoms. The van der Waals surface area contributed by atoms with E-state index in [1.54, 1.807) is 49.6 Å². The Morgan fingerprint density at radius 2 is 1.61 bits per heavy atom. The van der Waals surface area contributed by atoms with Crippen molar-refractivity contribution >= 4 is 40.4 Å². The second-order valence-corrected chi connectivity index (χ2v) is 8.04. The minimum Gasteiger partial charge on any atom is -0.497 e. The third-order valence-corrected chi connectivity index (χ3v) is 5.96.